The molecule has 0 aromatic rings. The van der Waals surface area contributed by atoms with Crippen LogP contribution in [-0.2, 0) is 14.3 Å². The molecule has 1 unspecified atom stereocenters. The van der Waals surface area contributed by atoms with E-state index in [2.05, 4.69) is 11.7 Å². The molecule has 3 nitrogen and oxygen atoms in total. The third kappa shape index (κ3) is 2.26. The smallest absolute Gasteiger partial charge is 0.333 e. The zero-order valence-electron chi connectivity index (χ0n) is 7.50. The van der Waals surface area contributed by atoms with Crippen molar-refractivity contribution in [1.82, 2.24) is 0 Å². The Hall–Kier alpha value is -0.990. The molecule has 1 aliphatic rings. The molecule has 0 radical (unpaired) electrons. The minimum absolute atomic E-state index is 0.332. The summed E-state index contributed by atoms with van der Waals surface area (Å²) in [6.07, 6.45) is 3.39. The molecule has 0 amide bonds. The van der Waals surface area contributed by atoms with Gasteiger partial charge in [-0.3, -0.25) is 0 Å². The molecule has 68 valence electrons. The van der Waals surface area contributed by atoms with E-state index in [1.807, 2.05) is 0 Å². The van der Waals surface area contributed by atoms with E-state index in [4.69, 9.17) is 4.74 Å². The van der Waals surface area contributed by atoms with Crippen LogP contribution < -0.4 is 0 Å². The summed E-state index contributed by atoms with van der Waals surface area (Å²) in [6, 6.07) is 0. The van der Waals surface area contributed by atoms with Gasteiger partial charge < -0.3 is 9.47 Å². The largest absolute Gasteiger partial charge is 0.497 e. The molecule has 0 aromatic carbocycles. The molecule has 12 heavy (non-hydrogen) atoms. The summed E-state index contributed by atoms with van der Waals surface area (Å²) in [5, 5.41) is 0. The lowest BCUT2D eigenvalue weighted by atomic mass is 10.1. The van der Waals surface area contributed by atoms with Gasteiger partial charge in [0, 0.05) is 6.42 Å². The highest BCUT2D eigenvalue weighted by atomic mass is 16.5. The predicted octanol–water partition coefficient (Wildman–Crippen LogP) is 1.49. The monoisotopic (exact) mass is 170 g/mol. The Labute approximate surface area is 72.4 Å². The molecule has 0 bridgehead atoms. The van der Waals surface area contributed by atoms with E-state index in [1.165, 1.54) is 13.2 Å². The highest BCUT2D eigenvalue weighted by Crippen LogP contribution is 2.24. The van der Waals surface area contributed by atoms with E-state index < -0.39 is 0 Å². The van der Waals surface area contributed by atoms with Crippen molar-refractivity contribution in [3.63, 3.8) is 0 Å². The number of esters is 1. The molecule has 0 spiro atoms. The van der Waals surface area contributed by atoms with Crippen LogP contribution in [0.5, 0.6) is 0 Å². The average molecular weight is 170 g/mol. The molecule has 1 aliphatic heterocycles. The minimum Gasteiger partial charge on any atom is -0.497 e. The zero-order chi connectivity index (χ0) is 8.97. The number of ether oxygens (including phenoxy) is 2. The van der Waals surface area contributed by atoms with Gasteiger partial charge in [-0.05, 0) is 12.3 Å². The number of methoxy groups -OCH3 is 1. The van der Waals surface area contributed by atoms with Crippen LogP contribution in [0.25, 0.3) is 0 Å². The molecule has 1 heterocycles. The Kier molecular flexibility index (Phi) is 3.14. The van der Waals surface area contributed by atoms with Crippen molar-refractivity contribution in [2.24, 2.45) is 5.92 Å². The van der Waals surface area contributed by atoms with Gasteiger partial charge >= 0.3 is 5.97 Å². The number of hydrogen-bond acceptors (Lipinski definition) is 3. The van der Waals surface area contributed by atoms with Gasteiger partial charge in [0.25, 0.3) is 0 Å². The van der Waals surface area contributed by atoms with Gasteiger partial charge in [0.15, 0.2) is 0 Å². The third-order valence-corrected chi connectivity index (χ3v) is 2.05. The first kappa shape index (κ1) is 9.10. The highest BCUT2D eigenvalue weighted by molar-refractivity contribution is 5.82. The summed E-state index contributed by atoms with van der Waals surface area (Å²) in [5.41, 5.74) is 0. The maximum atomic E-state index is 10.8. The molecule has 1 rings (SSSR count). The second-order valence-electron chi connectivity index (χ2n) is 2.92. The summed E-state index contributed by atoms with van der Waals surface area (Å²) in [4.78, 5) is 10.8. The lowest BCUT2D eigenvalue weighted by Crippen LogP contribution is -1.96. The van der Waals surface area contributed by atoms with E-state index in [0.29, 0.717) is 5.92 Å². The maximum Gasteiger partial charge on any atom is 0.333 e. The number of carbonyl (C=O) groups is 1. The molecule has 3 heteroatoms. The molecule has 0 N–H and O–H groups in total. The van der Waals surface area contributed by atoms with E-state index in [-0.39, 0.29) is 5.97 Å². The van der Waals surface area contributed by atoms with Gasteiger partial charge in [0.1, 0.15) is 5.76 Å². The second-order valence-corrected chi connectivity index (χ2v) is 2.92. The number of rotatable bonds is 2. The fourth-order valence-corrected chi connectivity index (χ4v) is 1.18. The molecule has 0 saturated carbocycles. The predicted molar refractivity (Wildman–Crippen MR) is 44.4 cm³/mol. The van der Waals surface area contributed by atoms with Crippen LogP contribution in [0.3, 0.4) is 0 Å². The van der Waals surface area contributed by atoms with Gasteiger partial charge in [-0.15, -0.1) is 0 Å². The molecular formula is C9H14O3. The van der Waals surface area contributed by atoms with Crippen molar-refractivity contribution in [3.8, 4) is 0 Å². The number of hydrogen-bond donors (Lipinski definition) is 0. The Balaban J connectivity index is 2.45. The lowest BCUT2D eigenvalue weighted by molar-refractivity contribution is -0.135. The number of allylic oxidation sites excluding steroid dienone is 1. The van der Waals surface area contributed by atoms with Crippen LogP contribution in [0, 0.1) is 5.92 Å². The fraction of sp³-hybridized carbons (Fsp3) is 0.667. The van der Waals surface area contributed by atoms with Crippen molar-refractivity contribution in [2.45, 2.75) is 19.8 Å². The lowest BCUT2D eigenvalue weighted by Gasteiger charge is -1.96. The van der Waals surface area contributed by atoms with Gasteiger partial charge in [0.2, 0.25) is 0 Å². The van der Waals surface area contributed by atoms with Crippen LogP contribution in [0.15, 0.2) is 11.8 Å². The quantitative estimate of drug-likeness (QED) is 0.465. The van der Waals surface area contributed by atoms with Crippen LogP contribution in [-0.4, -0.2) is 19.7 Å². The Morgan fingerprint density at radius 3 is 3.08 bits per heavy atom. The van der Waals surface area contributed by atoms with E-state index >= 15 is 0 Å². The topological polar surface area (TPSA) is 35.5 Å². The third-order valence-electron chi connectivity index (χ3n) is 2.05. The summed E-state index contributed by atoms with van der Waals surface area (Å²) in [6.45, 7) is 2.86. The molecule has 0 aromatic heterocycles. The molecule has 1 fully saturated rings. The minimum atomic E-state index is -0.332. The highest BCUT2D eigenvalue weighted by Gasteiger charge is 2.19. The van der Waals surface area contributed by atoms with Crippen molar-refractivity contribution in [2.75, 3.05) is 13.7 Å². The van der Waals surface area contributed by atoms with Crippen molar-refractivity contribution in [3.05, 3.63) is 11.8 Å². The van der Waals surface area contributed by atoms with E-state index in [0.717, 1.165) is 25.2 Å². The molecular weight excluding hydrogens is 156 g/mol. The van der Waals surface area contributed by atoms with Gasteiger partial charge in [-0.2, -0.15) is 0 Å². The van der Waals surface area contributed by atoms with Crippen molar-refractivity contribution in [1.29, 1.82) is 0 Å². The Bertz CT molecular complexity index is 196. The summed E-state index contributed by atoms with van der Waals surface area (Å²) in [7, 11) is 1.37. The molecule has 0 aliphatic carbocycles. The van der Waals surface area contributed by atoms with Crippen molar-refractivity contribution < 1.29 is 14.3 Å². The van der Waals surface area contributed by atoms with Gasteiger partial charge in [-0.25, -0.2) is 4.79 Å². The Morgan fingerprint density at radius 2 is 2.58 bits per heavy atom. The number of carbonyl (C=O) groups excluding carboxylic acids is 1. The zero-order valence-corrected chi connectivity index (χ0v) is 7.50. The van der Waals surface area contributed by atoms with Gasteiger partial charge in [-0.1, -0.05) is 6.92 Å². The fourth-order valence-electron chi connectivity index (χ4n) is 1.18. The first-order chi connectivity index (χ1) is 5.76. The Morgan fingerprint density at radius 1 is 1.83 bits per heavy atom. The van der Waals surface area contributed by atoms with Crippen LogP contribution in [0.2, 0.25) is 0 Å². The van der Waals surface area contributed by atoms with Crippen LogP contribution >= 0.6 is 0 Å². The second kappa shape index (κ2) is 4.14. The SMILES string of the molecule is CCC1CO/C(=C/C(=O)OC)C1. The maximum absolute atomic E-state index is 10.8. The summed E-state index contributed by atoms with van der Waals surface area (Å²) < 4.78 is 9.77. The summed E-state index contributed by atoms with van der Waals surface area (Å²) >= 11 is 0. The normalized spacial score (nSPS) is 25.5. The van der Waals surface area contributed by atoms with Gasteiger partial charge in [0.05, 0.1) is 19.8 Å². The first-order valence-corrected chi connectivity index (χ1v) is 4.17. The first-order valence-electron chi connectivity index (χ1n) is 4.17. The van der Waals surface area contributed by atoms with E-state index in [9.17, 15) is 4.79 Å². The standard InChI is InChI=1S/C9H14O3/c1-3-7-4-8(12-6-7)5-9(10)11-2/h5,7H,3-4,6H2,1-2H3/b8-5+. The van der Waals surface area contributed by atoms with Crippen LogP contribution in [0.1, 0.15) is 19.8 Å². The molecule has 1 atom stereocenters. The van der Waals surface area contributed by atoms with Crippen LogP contribution in [0.4, 0.5) is 0 Å². The summed E-state index contributed by atoms with van der Waals surface area (Å²) in [5.74, 6) is 0.997. The van der Waals surface area contributed by atoms with Crippen molar-refractivity contribution >= 4 is 5.97 Å². The molecule has 1 saturated heterocycles. The average Bonchev–Trinajstić information content (AvgIpc) is 2.52. The van der Waals surface area contributed by atoms with E-state index in [1.54, 1.807) is 0 Å².